The summed E-state index contributed by atoms with van der Waals surface area (Å²) in [6.45, 7) is 2.62. The average Bonchev–Trinajstić information content (AvgIpc) is 3.41. The maximum absolute atomic E-state index is 12.5. The Morgan fingerprint density at radius 3 is 2.38 bits per heavy atom. The van der Waals surface area contributed by atoms with E-state index in [4.69, 9.17) is 0 Å². The summed E-state index contributed by atoms with van der Waals surface area (Å²) in [7, 11) is 0. The number of urea groups is 1. The van der Waals surface area contributed by atoms with Crippen molar-refractivity contribution >= 4 is 17.6 Å². The van der Waals surface area contributed by atoms with E-state index in [0.717, 1.165) is 13.0 Å². The van der Waals surface area contributed by atoms with Gasteiger partial charge < -0.3 is 20.1 Å². The monoisotopic (exact) mass is 389 g/mol. The highest BCUT2D eigenvalue weighted by Crippen LogP contribution is 2.23. The number of hydrogen-bond donors (Lipinski definition) is 2. The van der Waals surface area contributed by atoms with Crippen molar-refractivity contribution in [1.29, 1.82) is 0 Å². The minimum Gasteiger partial charge on any atom is -0.352 e. The number of imidazole rings is 1. The standard InChI is InChI=1S/C22H23N5O2/c28-21(24-10-3-12-26-13-11-23-16-26)17-6-8-20(9-7-17)25-22(29)27-14-18-4-1-2-5-19(18)15-27/h1-2,4-9,11,13,16H,3,10,12,14-15H2,(H,24,28)(H,25,29). The van der Waals surface area contributed by atoms with Gasteiger partial charge in [-0.2, -0.15) is 0 Å². The van der Waals surface area contributed by atoms with Gasteiger partial charge in [0.2, 0.25) is 0 Å². The van der Waals surface area contributed by atoms with Gasteiger partial charge in [-0.15, -0.1) is 0 Å². The molecule has 7 nitrogen and oxygen atoms in total. The van der Waals surface area contributed by atoms with Crippen LogP contribution in [0.3, 0.4) is 0 Å². The van der Waals surface area contributed by atoms with E-state index in [1.165, 1.54) is 11.1 Å². The zero-order chi connectivity index (χ0) is 20.1. The van der Waals surface area contributed by atoms with Crippen molar-refractivity contribution in [2.45, 2.75) is 26.1 Å². The van der Waals surface area contributed by atoms with Gasteiger partial charge in [0, 0.05) is 49.8 Å². The summed E-state index contributed by atoms with van der Waals surface area (Å²) in [5, 5.41) is 5.81. The van der Waals surface area contributed by atoms with Crippen molar-refractivity contribution in [3.05, 3.63) is 83.9 Å². The van der Waals surface area contributed by atoms with Crippen molar-refractivity contribution in [3.8, 4) is 0 Å². The van der Waals surface area contributed by atoms with Crippen LogP contribution < -0.4 is 10.6 Å². The van der Waals surface area contributed by atoms with E-state index in [0.29, 0.717) is 30.9 Å². The fraction of sp³-hybridized carbons (Fsp3) is 0.227. The molecule has 1 aliphatic heterocycles. The van der Waals surface area contributed by atoms with Crippen LogP contribution in [-0.2, 0) is 19.6 Å². The smallest absolute Gasteiger partial charge is 0.322 e. The maximum Gasteiger partial charge on any atom is 0.322 e. The number of fused-ring (bicyclic) bond motifs is 1. The molecule has 0 unspecified atom stereocenters. The fourth-order valence-corrected chi connectivity index (χ4v) is 3.37. The first-order valence-electron chi connectivity index (χ1n) is 9.66. The lowest BCUT2D eigenvalue weighted by Gasteiger charge is -2.16. The van der Waals surface area contributed by atoms with E-state index < -0.39 is 0 Å². The Balaban J connectivity index is 1.24. The van der Waals surface area contributed by atoms with Gasteiger partial charge in [0.05, 0.1) is 6.33 Å². The number of carbonyl (C=O) groups is 2. The molecule has 2 N–H and O–H groups in total. The minimum atomic E-state index is -0.141. The third-order valence-corrected chi connectivity index (χ3v) is 4.96. The van der Waals surface area contributed by atoms with Crippen molar-refractivity contribution < 1.29 is 9.59 Å². The zero-order valence-corrected chi connectivity index (χ0v) is 16.0. The van der Waals surface area contributed by atoms with Gasteiger partial charge in [-0.1, -0.05) is 24.3 Å². The van der Waals surface area contributed by atoms with Crippen LogP contribution in [0.1, 0.15) is 27.9 Å². The first kappa shape index (κ1) is 18.7. The molecule has 2 heterocycles. The Bertz CT molecular complexity index is 958. The number of nitrogens with one attached hydrogen (secondary N) is 2. The molecule has 1 aromatic heterocycles. The summed E-state index contributed by atoms with van der Waals surface area (Å²) in [5.41, 5.74) is 3.60. The lowest BCUT2D eigenvalue weighted by Crippen LogP contribution is -2.30. The molecule has 3 amide bonds. The number of amides is 3. The predicted molar refractivity (Wildman–Crippen MR) is 110 cm³/mol. The Kier molecular flexibility index (Phi) is 5.56. The number of carbonyl (C=O) groups excluding carboxylic acids is 2. The quantitative estimate of drug-likeness (QED) is 0.635. The van der Waals surface area contributed by atoms with E-state index in [9.17, 15) is 9.59 Å². The molecule has 4 rings (SSSR count). The number of aryl methyl sites for hydroxylation is 1. The van der Waals surface area contributed by atoms with Gasteiger partial charge in [-0.25, -0.2) is 9.78 Å². The molecule has 1 aliphatic rings. The third-order valence-electron chi connectivity index (χ3n) is 4.96. The first-order valence-corrected chi connectivity index (χ1v) is 9.66. The lowest BCUT2D eigenvalue weighted by atomic mass is 10.1. The molecule has 0 bridgehead atoms. The van der Waals surface area contributed by atoms with Gasteiger partial charge in [0.25, 0.3) is 5.91 Å². The average molecular weight is 389 g/mol. The Hall–Kier alpha value is -3.61. The topological polar surface area (TPSA) is 79.3 Å². The number of aromatic nitrogens is 2. The molecular weight excluding hydrogens is 366 g/mol. The number of benzene rings is 2. The van der Waals surface area contributed by atoms with Crippen LogP contribution in [0.15, 0.2) is 67.3 Å². The van der Waals surface area contributed by atoms with Crippen LogP contribution in [0.25, 0.3) is 0 Å². The molecule has 0 spiro atoms. The van der Waals surface area contributed by atoms with E-state index >= 15 is 0 Å². The summed E-state index contributed by atoms with van der Waals surface area (Å²) in [4.78, 5) is 30.5. The summed E-state index contributed by atoms with van der Waals surface area (Å²) in [6.07, 6.45) is 6.22. The van der Waals surface area contributed by atoms with E-state index in [2.05, 4.69) is 15.6 Å². The van der Waals surface area contributed by atoms with E-state index in [1.807, 2.05) is 35.0 Å². The molecular formula is C22H23N5O2. The van der Waals surface area contributed by atoms with Gasteiger partial charge >= 0.3 is 6.03 Å². The molecule has 2 aromatic carbocycles. The van der Waals surface area contributed by atoms with Crippen LogP contribution >= 0.6 is 0 Å². The predicted octanol–water partition coefficient (Wildman–Crippen LogP) is 3.25. The van der Waals surface area contributed by atoms with Crippen molar-refractivity contribution in [2.75, 3.05) is 11.9 Å². The molecule has 148 valence electrons. The van der Waals surface area contributed by atoms with Crippen LogP contribution in [0, 0.1) is 0 Å². The van der Waals surface area contributed by atoms with Crippen molar-refractivity contribution in [2.24, 2.45) is 0 Å². The highest BCUT2D eigenvalue weighted by molar-refractivity contribution is 5.95. The normalized spacial score (nSPS) is 12.5. The summed E-state index contributed by atoms with van der Waals surface area (Å²) in [5.74, 6) is -0.122. The SMILES string of the molecule is O=C(NCCCn1ccnc1)c1ccc(NC(=O)N2Cc3ccccc3C2)cc1. The van der Waals surface area contributed by atoms with Crippen LogP contribution in [0.5, 0.6) is 0 Å². The molecule has 0 aliphatic carbocycles. The molecule has 29 heavy (non-hydrogen) atoms. The summed E-state index contributed by atoms with van der Waals surface area (Å²) in [6, 6.07) is 14.9. The first-order chi connectivity index (χ1) is 14.2. The number of anilines is 1. The van der Waals surface area contributed by atoms with Gasteiger partial charge in [-0.05, 0) is 41.8 Å². The Morgan fingerprint density at radius 2 is 1.72 bits per heavy atom. The molecule has 0 radical (unpaired) electrons. The second-order valence-electron chi connectivity index (χ2n) is 7.04. The Morgan fingerprint density at radius 1 is 1.00 bits per heavy atom. The molecule has 0 saturated carbocycles. The highest BCUT2D eigenvalue weighted by Gasteiger charge is 2.22. The van der Waals surface area contributed by atoms with Crippen molar-refractivity contribution in [3.63, 3.8) is 0 Å². The second-order valence-corrected chi connectivity index (χ2v) is 7.04. The minimum absolute atomic E-state index is 0.122. The van der Waals surface area contributed by atoms with Crippen LogP contribution in [0.2, 0.25) is 0 Å². The number of hydrogen-bond acceptors (Lipinski definition) is 3. The summed E-state index contributed by atoms with van der Waals surface area (Å²) >= 11 is 0. The summed E-state index contributed by atoms with van der Waals surface area (Å²) < 4.78 is 1.97. The highest BCUT2D eigenvalue weighted by atomic mass is 16.2. The molecule has 0 saturated heterocycles. The van der Waals surface area contributed by atoms with Gasteiger partial charge in [0.1, 0.15) is 0 Å². The Labute approximate surface area is 169 Å². The molecule has 3 aromatic rings. The zero-order valence-electron chi connectivity index (χ0n) is 16.0. The largest absolute Gasteiger partial charge is 0.352 e. The maximum atomic E-state index is 12.5. The van der Waals surface area contributed by atoms with E-state index in [-0.39, 0.29) is 11.9 Å². The molecule has 0 fully saturated rings. The lowest BCUT2D eigenvalue weighted by molar-refractivity contribution is 0.0952. The third kappa shape index (κ3) is 4.63. The van der Waals surface area contributed by atoms with Crippen LogP contribution in [0.4, 0.5) is 10.5 Å². The fourth-order valence-electron chi connectivity index (χ4n) is 3.37. The van der Waals surface area contributed by atoms with E-state index in [1.54, 1.807) is 41.7 Å². The number of nitrogens with zero attached hydrogens (tertiary/aromatic N) is 3. The molecule has 7 heteroatoms. The number of rotatable bonds is 6. The second kappa shape index (κ2) is 8.60. The van der Waals surface area contributed by atoms with Gasteiger partial charge in [-0.3, -0.25) is 4.79 Å². The van der Waals surface area contributed by atoms with Crippen LogP contribution in [-0.4, -0.2) is 32.9 Å². The van der Waals surface area contributed by atoms with Gasteiger partial charge in [0.15, 0.2) is 0 Å². The molecule has 0 atom stereocenters. The van der Waals surface area contributed by atoms with Crippen molar-refractivity contribution in [1.82, 2.24) is 19.8 Å².